The van der Waals surface area contributed by atoms with Crippen molar-refractivity contribution in [1.29, 1.82) is 0 Å². The van der Waals surface area contributed by atoms with Crippen LogP contribution in [0.4, 0.5) is 5.82 Å². The molecule has 3 heterocycles. The van der Waals surface area contributed by atoms with Gasteiger partial charge in [-0.3, -0.25) is 4.79 Å². The molecular formula is C19H30N4O. The second kappa shape index (κ2) is 8.47. The summed E-state index contributed by atoms with van der Waals surface area (Å²) in [5, 5.41) is 6.70. The number of hydrogen-bond acceptors (Lipinski definition) is 4. The number of amides is 1. The average molecular weight is 330 g/mol. The number of carbonyl (C=O) groups excluding carboxylic acids is 1. The Morgan fingerprint density at radius 2 is 2.21 bits per heavy atom. The van der Waals surface area contributed by atoms with E-state index in [1.807, 2.05) is 18.3 Å². The molecule has 2 aliphatic heterocycles. The Labute approximate surface area is 145 Å². The van der Waals surface area contributed by atoms with Gasteiger partial charge < -0.3 is 15.5 Å². The van der Waals surface area contributed by atoms with Gasteiger partial charge in [0, 0.05) is 31.7 Å². The van der Waals surface area contributed by atoms with Gasteiger partial charge in [-0.1, -0.05) is 13.0 Å². The SMILES string of the molecule is CC(CC(=O)NC1CCN(c2ccccn2)CC1)C1CCCNC1. The number of hydrogen-bond donors (Lipinski definition) is 2. The molecule has 0 aliphatic carbocycles. The molecule has 2 fully saturated rings. The third kappa shape index (κ3) is 4.69. The molecule has 5 heteroatoms. The van der Waals surface area contributed by atoms with Gasteiger partial charge in [-0.25, -0.2) is 4.98 Å². The summed E-state index contributed by atoms with van der Waals surface area (Å²) in [6.07, 6.45) is 6.99. The largest absolute Gasteiger partial charge is 0.356 e. The number of anilines is 1. The minimum atomic E-state index is 0.226. The Balaban J connectivity index is 1.40. The molecule has 1 aromatic heterocycles. The van der Waals surface area contributed by atoms with E-state index in [0.717, 1.165) is 44.8 Å². The zero-order chi connectivity index (χ0) is 16.8. The van der Waals surface area contributed by atoms with Crippen LogP contribution in [0.3, 0.4) is 0 Å². The third-order valence-corrected chi connectivity index (χ3v) is 5.48. The van der Waals surface area contributed by atoms with E-state index in [-0.39, 0.29) is 5.91 Å². The van der Waals surface area contributed by atoms with Crippen LogP contribution in [0.1, 0.15) is 39.0 Å². The highest BCUT2D eigenvalue weighted by atomic mass is 16.1. The molecule has 5 nitrogen and oxygen atoms in total. The highest BCUT2D eigenvalue weighted by molar-refractivity contribution is 5.76. The molecule has 0 saturated carbocycles. The summed E-state index contributed by atoms with van der Waals surface area (Å²) in [4.78, 5) is 19.1. The standard InChI is InChI=1S/C19H30N4O/c1-15(16-5-4-9-20-14-16)13-19(24)22-17-7-11-23(12-8-17)18-6-2-3-10-21-18/h2-3,6,10,15-17,20H,4-5,7-9,11-14H2,1H3,(H,22,24). The fourth-order valence-corrected chi connectivity index (χ4v) is 3.90. The predicted molar refractivity (Wildman–Crippen MR) is 97.0 cm³/mol. The molecule has 2 saturated heterocycles. The molecule has 2 aliphatic rings. The van der Waals surface area contributed by atoms with Crippen molar-refractivity contribution in [3.05, 3.63) is 24.4 Å². The molecule has 0 radical (unpaired) electrons. The molecule has 2 atom stereocenters. The number of nitrogens with one attached hydrogen (secondary N) is 2. The van der Waals surface area contributed by atoms with Crippen molar-refractivity contribution in [3.8, 4) is 0 Å². The van der Waals surface area contributed by atoms with Gasteiger partial charge in [0.25, 0.3) is 0 Å². The molecule has 1 aromatic rings. The van der Waals surface area contributed by atoms with Gasteiger partial charge in [-0.15, -0.1) is 0 Å². The highest BCUT2D eigenvalue weighted by Gasteiger charge is 2.25. The Morgan fingerprint density at radius 3 is 2.88 bits per heavy atom. The van der Waals surface area contributed by atoms with Crippen molar-refractivity contribution in [1.82, 2.24) is 15.6 Å². The first-order chi connectivity index (χ1) is 11.7. The summed E-state index contributed by atoms with van der Waals surface area (Å²) in [7, 11) is 0. The zero-order valence-corrected chi connectivity index (χ0v) is 14.7. The van der Waals surface area contributed by atoms with Gasteiger partial charge in [0.15, 0.2) is 0 Å². The second-order valence-corrected chi connectivity index (χ2v) is 7.30. The molecule has 24 heavy (non-hydrogen) atoms. The fraction of sp³-hybridized carbons (Fsp3) is 0.684. The van der Waals surface area contributed by atoms with Crippen molar-refractivity contribution in [3.63, 3.8) is 0 Å². The van der Waals surface area contributed by atoms with E-state index in [0.29, 0.717) is 24.3 Å². The number of aromatic nitrogens is 1. The number of nitrogens with zero attached hydrogens (tertiary/aromatic N) is 2. The predicted octanol–water partition coefficient (Wildman–Crippen LogP) is 2.19. The number of pyridine rings is 1. The first-order valence-corrected chi connectivity index (χ1v) is 9.38. The van der Waals surface area contributed by atoms with Gasteiger partial charge in [0.05, 0.1) is 0 Å². The van der Waals surface area contributed by atoms with Gasteiger partial charge >= 0.3 is 0 Å². The lowest BCUT2D eigenvalue weighted by molar-refractivity contribution is -0.123. The molecule has 132 valence electrons. The van der Waals surface area contributed by atoms with Gasteiger partial charge in [-0.05, 0) is 62.7 Å². The van der Waals surface area contributed by atoms with Crippen LogP contribution in [0.2, 0.25) is 0 Å². The monoisotopic (exact) mass is 330 g/mol. The maximum Gasteiger partial charge on any atom is 0.220 e. The smallest absolute Gasteiger partial charge is 0.220 e. The Bertz CT molecular complexity index is 507. The van der Waals surface area contributed by atoms with E-state index < -0.39 is 0 Å². The summed E-state index contributed by atoms with van der Waals surface area (Å²) in [6.45, 7) is 6.34. The number of carbonyl (C=O) groups is 1. The van der Waals surface area contributed by atoms with Crippen LogP contribution in [0.15, 0.2) is 24.4 Å². The van der Waals surface area contributed by atoms with Crippen molar-refractivity contribution in [2.75, 3.05) is 31.1 Å². The topological polar surface area (TPSA) is 57.3 Å². The van der Waals surface area contributed by atoms with Crippen LogP contribution < -0.4 is 15.5 Å². The van der Waals surface area contributed by atoms with E-state index in [1.165, 1.54) is 12.8 Å². The Morgan fingerprint density at radius 1 is 1.38 bits per heavy atom. The summed E-state index contributed by atoms with van der Waals surface area (Å²) < 4.78 is 0. The Hall–Kier alpha value is -1.62. The Kier molecular flexibility index (Phi) is 6.07. The van der Waals surface area contributed by atoms with E-state index >= 15 is 0 Å². The van der Waals surface area contributed by atoms with Gasteiger partial charge in [0.1, 0.15) is 5.82 Å². The quantitative estimate of drug-likeness (QED) is 0.869. The number of rotatable bonds is 5. The molecule has 1 amide bonds. The van der Waals surface area contributed by atoms with Crippen molar-refractivity contribution in [2.45, 2.75) is 45.1 Å². The minimum absolute atomic E-state index is 0.226. The zero-order valence-electron chi connectivity index (χ0n) is 14.7. The fourth-order valence-electron chi connectivity index (χ4n) is 3.90. The molecule has 2 N–H and O–H groups in total. The lowest BCUT2D eigenvalue weighted by Crippen LogP contribution is -2.45. The van der Waals surface area contributed by atoms with E-state index in [2.05, 4.69) is 33.5 Å². The minimum Gasteiger partial charge on any atom is -0.356 e. The van der Waals surface area contributed by atoms with Crippen molar-refractivity contribution in [2.24, 2.45) is 11.8 Å². The van der Waals surface area contributed by atoms with Crippen LogP contribution in [0.25, 0.3) is 0 Å². The maximum absolute atomic E-state index is 12.4. The lowest BCUT2D eigenvalue weighted by atomic mass is 9.85. The van der Waals surface area contributed by atoms with E-state index in [1.54, 1.807) is 0 Å². The van der Waals surface area contributed by atoms with Crippen LogP contribution in [-0.4, -0.2) is 43.1 Å². The molecule has 0 bridgehead atoms. The van der Waals surface area contributed by atoms with Crippen molar-refractivity contribution < 1.29 is 4.79 Å². The summed E-state index contributed by atoms with van der Waals surface area (Å²) >= 11 is 0. The second-order valence-electron chi connectivity index (χ2n) is 7.30. The molecule has 0 aromatic carbocycles. The molecule has 0 spiro atoms. The van der Waals surface area contributed by atoms with Crippen LogP contribution in [0, 0.1) is 11.8 Å². The van der Waals surface area contributed by atoms with Crippen LogP contribution in [0.5, 0.6) is 0 Å². The normalized spacial score (nSPS) is 23.7. The van der Waals surface area contributed by atoms with E-state index in [9.17, 15) is 4.79 Å². The molecule has 3 rings (SSSR count). The van der Waals surface area contributed by atoms with Crippen LogP contribution in [-0.2, 0) is 4.79 Å². The molecular weight excluding hydrogens is 300 g/mol. The maximum atomic E-state index is 12.4. The van der Waals surface area contributed by atoms with Crippen molar-refractivity contribution >= 4 is 11.7 Å². The van der Waals surface area contributed by atoms with Crippen LogP contribution >= 0.6 is 0 Å². The summed E-state index contributed by atoms with van der Waals surface area (Å²) in [6, 6.07) is 6.34. The average Bonchev–Trinajstić information content (AvgIpc) is 2.64. The van der Waals surface area contributed by atoms with Gasteiger partial charge in [-0.2, -0.15) is 0 Å². The van der Waals surface area contributed by atoms with Gasteiger partial charge in [0.2, 0.25) is 5.91 Å². The molecule has 2 unspecified atom stereocenters. The first-order valence-electron chi connectivity index (χ1n) is 9.38. The lowest BCUT2D eigenvalue weighted by Gasteiger charge is -2.33. The first kappa shape index (κ1) is 17.2. The third-order valence-electron chi connectivity index (χ3n) is 5.48. The summed E-state index contributed by atoms with van der Waals surface area (Å²) in [5.74, 6) is 2.38. The van der Waals surface area contributed by atoms with E-state index in [4.69, 9.17) is 0 Å². The number of piperidine rings is 2. The highest BCUT2D eigenvalue weighted by Crippen LogP contribution is 2.23. The summed E-state index contributed by atoms with van der Waals surface area (Å²) in [5.41, 5.74) is 0.